The highest BCUT2D eigenvalue weighted by molar-refractivity contribution is 6.33. The average Bonchev–Trinajstić information content (AvgIpc) is 2.68. The van der Waals surface area contributed by atoms with Crippen molar-refractivity contribution in [1.29, 1.82) is 0 Å². The summed E-state index contributed by atoms with van der Waals surface area (Å²) in [5.74, 6) is 0.679. The van der Waals surface area contributed by atoms with E-state index in [0.29, 0.717) is 5.92 Å². The molecule has 0 radical (unpaired) electrons. The predicted octanol–water partition coefficient (Wildman–Crippen LogP) is 7.95. The Morgan fingerprint density at radius 1 is 0.793 bits per heavy atom. The van der Waals surface area contributed by atoms with Crippen LogP contribution in [0.15, 0.2) is 24.3 Å². The maximum atomic E-state index is 9.67. The third kappa shape index (κ3) is 13.7. The molecule has 0 aromatic heterocycles. The standard InChI is InChI=1S/C23H42N.BF3.FH/c1-6-10-17-24(18-11-7-2,19-12-8-3)20-22-13-15-23(16-14-22)21(5)9-4;2-1(3)4;/h13-16,21H,6-12,17-20H2,1-5H3;;1H/q+1;;. The molecule has 1 nitrogen and oxygen atoms in total. The minimum atomic E-state index is -3.67. The van der Waals surface area contributed by atoms with E-state index in [2.05, 4.69) is 58.9 Å². The molecule has 0 aliphatic rings. The molecule has 0 N–H and O–H groups in total. The molecule has 170 valence electrons. The van der Waals surface area contributed by atoms with Gasteiger partial charge in [0, 0.05) is 5.56 Å². The summed E-state index contributed by atoms with van der Waals surface area (Å²) in [6, 6.07) is 9.55. The van der Waals surface area contributed by atoms with Crippen LogP contribution in [0.4, 0.5) is 17.7 Å². The second kappa shape index (κ2) is 17.8. The maximum absolute atomic E-state index is 9.67. The van der Waals surface area contributed by atoms with Crippen LogP contribution in [0.2, 0.25) is 0 Å². The van der Waals surface area contributed by atoms with Gasteiger partial charge in [0.15, 0.2) is 0 Å². The Labute approximate surface area is 177 Å². The van der Waals surface area contributed by atoms with Gasteiger partial charge >= 0.3 is 7.54 Å². The number of benzene rings is 1. The van der Waals surface area contributed by atoms with Crippen LogP contribution in [0.3, 0.4) is 0 Å². The first-order valence-corrected chi connectivity index (χ1v) is 11.2. The maximum Gasteiger partial charge on any atom is 0.762 e. The van der Waals surface area contributed by atoms with Crippen LogP contribution < -0.4 is 0 Å². The number of nitrogens with zero attached hydrogens (tertiary/aromatic N) is 1. The van der Waals surface area contributed by atoms with Crippen molar-refractivity contribution in [3.63, 3.8) is 0 Å². The molecule has 0 saturated carbocycles. The Morgan fingerprint density at radius 3 is 1.48 bits per heavy atom. The second-order valence-corrected chi connectivity index (χ2v) is 8.03. The molecule has 0 saturated heterocycles. The Hall–Kier alpha value is -1.04. The predicted molar refractivity (Wildman–Crippen MR) is 120 cm³/mol. The van der Waals surface area contributed by atoms with E-state index < -0.39 is 7.54 Å². The number of rotatable bonds is 13. The summed E-state index contributed by atoms with van der Waals surface area (Å²) in [7, 11) is -3.67. The first-order valence-electron chi connectivity index (χ1n) is 11.2. The summed E-state index contributed by atoms with van der Waals surface area (Å²) in [6.45, 7) is 16.9. The van der Waals surface area contributed by atoms with E-state index in [1.54, 1.807) is 0 Å². The van der Waals surface area contributed by atoms with Crippen LogP contribution in [0, 0.1) is 0 Å². The molecule has 29 heavy (non-hydrogen) atoms. The smallest absolute Gasteiger partial charge is 0.320 e. The van der Waals surface area contributed by atoms with Crippen LogP contribution in [-0.4, -0.2) is 31.7 Å². The molecule has 1 atom stereocenters. The fourth-order valence-corrected chi connectivity index (χ4v) is 3.63. The van der Waals surface area contributed by atoms with Crippen molar-refractivity contribution in [1.82, 2.24) is 0 Å². The van der Waals surface area contributed by atoms with Crippen LogP contribution >= 0.6 is 0 Å². The van der Waals surface area contributed by atoms with Gasteiger partial charge in [-0.3, -0.25) is 17.7 Å². The Kier molecular flexibility index (Phi) is 18.5. The lowest BCUT2D eigenvalue weighted by Crippen LogP contribution is -2.49. The van der Waals surface area contributed by atoms with Crippen molar-refractivity contribution in [3.05, 3.63) is 35.4 Å². The normalized spacial score (nSPS) is 11.9. The fraction of sp³-hybridized carbons (Fsp3) is 0.739. The van der Waals surface area contributed by atoms with E-state index in [1.807, 2.05) is 0 Å². The molecule has 1 rings (SSSR count). The average molecular weight is 420 g/mol. The SMILES string of the molecule is CCCC[N+](CCCC)(CCCC)Cc1ccc(C(C)CC)cc1.F.FB(F)F. The number of hydrogen-bond acceptors (Lipinski definition) is 0. The number of halogens is 4. The van der Waals surface area contributed by atoms with Gasteiger partial charge in [-0.1, -0.05) is 78.1 Å². The van der Waals surface area contributed by atoms with Crippen LogP contribution in [0.25, 0.3) is 0 Å². The molecule has 0 aliphatic heterocycles. The van der Waals surface area contributed by atoms with Gasteiger partial charge in [-0.25, -0.2) is 0 Å². The van der Waals surface area contributed by atoms with Crippen molar-refractivity contribution < 1.29 is 22.1 Å². The van der Waals surface area contributed by atoms with Crippen molar-refractivity contribution >= 4 is 7.54 Å². The van der Waals surface area contributed by atoms with E-state index in [1.165, 1.54) is 86.7 Å². The Bertz CT molecular complexity index is 458. The molecule has 1 unspecified atom stereocenters. The van der Waals surface area contributed by atoms with E-state index in [4.69, 9.17) is 0 Å². The number of unbranched alkanes of at least 4 members (excludes halogenated alkanes) is 3. The van der Waals surface area contributed by atoms with Crippen LogP contribution in [0.5, 0.6) is 0 Å². The van der Waals surface area contributed by atoms with Gasteiger partial charge in [0.05, 0.1) is 19.6 Å². The minimum absolute atomic E-state index is 0. The van der Waals surface area contributed by atoms with Crippen molar-refractivity contribution in [2.45, 2.75) is 92.0 Å². The molecule has 1 aromatic carbocycles. The van der Waals surface area contributed by atoms with Crippen LogP contribution in [-0.2, 0) is 6.54 Å². The van der Waals surface area contributed by atoms with Crippen molar-refractivity contribution in [3.8, 4) is 0 Å². The molecule has 0 fully saturated rings. The van der Waals surface area contributed by atoms with E-state index in [-0.39, 0.29) is 4.70 Å². The Balaban J connectivity index is 0. The summed E-state index contributed by atoms with van der Waals surface area (Å²) in [5, 5.41) is 0. The summed E-state index contributed by atoms with van der Waals surface area (Å²) < 4.78 is 30.3. The zero-order valence-electron chi connectivity index (χ0n) is 19.2. The van der Waals surface area contributed by atoms with Gasteiger partial charge in [-0.15, -0.1) is 0 Å². The lowest BCUT2D eigenvalue weighted by atomic mass is 9.97. The summed E-state index contributed by atoms with van der Waals surface area (Å²) in [6.07, 6.45) is 9.24. The molecule has 0 amide bonds. The van der Waals surface area contributed by atoms with Gasteiger partial charge < -0.3 is 4.48 Å². The van der Waals surface area contributed by atoms with Gasteiger partial charge in [0.2, 0.25) is 0 Å². The highest BCUT2D eigenvalue weighted by Crippen LogP contribution is 2.23. The zero-order valence-corrected chi connectivity index (χ0v) is 19.2. The monoisotopic (exact) mass is 420 g/mol. The van der Waals surface area contributed by atoms with E-state index in [9.17, 15) is 12.9 Å². The molecule has 6 heteroatoms. The summed E-state index contributed by atoms with van der Waals surface area (Å²) in [4.78, 5) is 0. The quantitative estimate of drug-likeness (QED) is 0.173. The third-order valence-electron chi connectivity index (χ3n) is 5.64. The molecule has 0 heterocycles. The Morgan fingerprint density at radius 2 is 1.17 bits per heavy atom. The van der Waals surface area contributed by atoms with Crippen molar-refractivity contribution in [2.24, 2.45) is 0 Å². The lowest BCUT2D eigenvalue weighted by Gasteiger charge is -2.39. The molecular formula is C23H43BF4N+. The van der Waals surface area contributed by atoms with Crippen molar-refractivity contribution in [2.75, 3.05) is 19.6 Å². The lowest BCUT2D eigenvalue weighted by molar-refractivity contribution is -0.941. The zero-order chi connectivity index (χ0) is 21.4. The fourth-order valence-electron chi connectivity index (χ4n) is 3.63. The molecule has 0 aliphatic carbocycles. The third-order valence-corrected chi connectivity index (χ3v) is 5.64. The number of quaternary nitrogens is 1. The van der Waals surface area contributed by atoms with Gasteiger partial charge in [0.25, 0.3) is 0 Å². The van der Waals surface area contributed by atoms with Gasteiger partial charge in [0.1, 0.15) is 6.54 Å². The van der Waals surface area contributed by atoms with E-state index >= 15 is 0 Å². The molecule has 0 spiro atoms. The first-order chi connectivity index (χ1) is 13.3. The minimum Gasteiger partial charge on any atom is -0.320 e. The first kappa shape index (κ1) is 30.2. The van der Waals surface area contributed by atoms with Gasteiger partial charge in [-0.05, 0) is 37.2 Å². The van der Waals surface area contributed by atoms with E-state index in [0.717, 1.165) is 0 Å². The van der Waals surface area contributed by atoms with Crippen LogP contribution in [0.1, 0.15) is 96.6 Å². The highest BCUT2D eigenvalue weighted by atomic mass is 19.4. The molecule has 1 aromatic rings. The molecule has 0 bridgehead atoms. The topological polar surface area (TPSA) is 0 Å². The second-order valence-electron chi connectivity index (χ2n) is 8.03. The summed E-state index contributed by atoms with van der Waals surface area (Å²) in [5.41, 5.74) is 3.03. The van der Waals surface area contributed by atoms with Gasteiger partial charge in [-0.2, -0.15) is 0 Å². The largest absolute Gasteiger partial charge is 0.762 e. The summed E-state index contributed by atoms with van der Waals surface area (Å²) >= 11 is 0. The molecular weight excluding hydrogens is 377 g/mol. The highest BCUT2D eigenvalue weighted by Gasteiger charge is 2.26. The number of hydrogen-bond donors (Lipinski definition) is 0.